The number of benzene rings is 2. The number of aryl methyl sites for hydroxylation is 1. The van der Waals surface area contributed by atoms with Crippen molar-refractivity contribution in [3.63, 3.8) is 0 Å². The van der Waals surface area contributed by atoms with Gasteiger partial charge in [-0.25, -0.2) is 4.98 Å². The van der Waals surface area contributed by atoms with Crippen LogP contribution >= 0.6 is 0 Å². The number of anilines is 2. The largest absolute Gasteiger partial charge is 0.497 e. The fraction of sp³-hybridized carbons (Fsp3) is 0.136. The topological polar surface area (TPSA) is 68.5 Å². The van der Waals surface area contributed by atoms with E-state index in [2.05, 4.69) is 10.4 Å². The first-order chi connectivity index (χ1) is 13.6. The van der Waals surface area contributed by atoms with Gasteiger partial charge in [-0.2, -0.15) is 9.61 Å². The Hall–Kier alpha value is -3.67. The number of ether oxygens (including phenoxy) is 1. The second kappa shape index (κ2) is 7.15. The van der Waals surface area contributed by atoms with Gasteiger partial charge in [-0.05, 0) is 44.2 Å². The maximum absolute atomic E-state index is 12.2. The van der Waals surface area contributed by atoms with Crippen molar-refractivity contribution in [2.45, 2.75) is 13.8 Å². The monoisotopic (exact) mass is 372 g/mol. The molecule has 0 fully saturated rings. The van der Waals surface area contributed by atoms with E-state index in [1.165, 1.54) is 0 Å². The maximum atomic E-state index is 12.2. The molecule has 0 saturated heterocycles. The predicted octanol–water partition coefficient (Wildman–Crippen LogP) is 4.66. The Kier molecular flexibility index (Phi) is 4.53. The SMILES string of the molecule is COc1ccc(Nc2nc(-c3ccccc3)cc3c(C(C)=O)c(C)nn23)cc1. The summed E-state index contributed by atoms with van der Waals surface area (Å²) < 4.78 is 6.90. The van der Waals surface area contributed by atoms with Crippen LogP contribution in [0, 0.1) is 6.92 Å². The van der Waals surface area contributed by atoms with Crippen LogP contribution in [0.4, 0.5) is 11.6 Å². The Bertz CT molecular complexity index is 1150. The van der Waals surface area contributed by atoms with Gasteiger partial charge >= 0.3 is 0 Å². The van der Waals surface area contributed by atoms with E-state index >= 15 is 0 Å². The summed E-state index contributed by atoms with van der Waals surface area (Å²) in [4.78, 5) is 17.0. The van der Waals surface area contributed by atoms with Crippen LogP contribution in [-0.2, 0) is 0 Å². The zero-order chi connectivity index (χ0) is 19.7. The van der Waals surface area contributed by atoms with Crippen molar-refractivity contribution in [1.82, 2.24) is 14.6 Å². The van der Waals surface area contributed by atoms with Crippen molar-refractivity contribution in [3.8, 4) is 17.0 Å². The quantitative estimate of drug-likeness (QED) is 0.516. The van der Waals surface area contributed by atoms with E-state index in [0.717, 1.165) is 28.2 Å². The van der Waals surface area contributed by atoms with E-state index in [0.29, 0.717) is 17.2 Å². The molecular weight excluding hydrogens is 352 g/mol. The molecule has 0 aliphatic heterocycles. The highest BCUT2D eigenvalue weighted by Crippen LogP contribution is 2.27. The average molecular weight is 372 g/mol. The van der Waals surface area contributed by atoms with Gasteiger partial charge in [0.05, 0.1) is 29.6 Å². The minimum absolute atomic E-state index is 0.0203. The van der Waals surface area contributed by atoms with Crippen molar-refractivity contribution >= 4 is 22.9 Å². The highest BCUT2D eigenvalue weighted by molar-refractivity contribution is 6.02. The number of carbonyl (C=O) groups excluding carboxylic acids is 1. The van der Waals surface area contributed by atoms with Crippen LogP contribution < -0.4 is 10.1 Å². The van der Waals surface area contributed by atoms with Crippen molar-refractivity contribution in [1.29, 1.82) is 0 Å². The molecule has 0 saturated carbocycles. The summed E-state index contributed by atoms with van der Waals surface area (Å²) in [5.41, 5.74) is 4.60. The normalized spacial score (nSPS) is 10.8. The molecule has 140 valence electrons. The molecule has 1 N–H and O–H groups in total. The number of hydrogen-bond donors (Lipinski definition) is 1. The first kappa shape index (κ1) is 17.7. The molecule has 0 amide bonds. The van der Waals surface area contributed by atoms with Gasteiger partial charge in [0.1, 0.15) is 5.75 Å². The molecule has 2 heterocycles. The third-order valence-electron chi connectivity index (χ3n) is 4.56. The summed E-state index contributed by atoms with van der Waals surface area (Å²) in [5, 5.41) is 7.86. The number of ketones is 1. The van der Waals surface area contributed by atoms with Gasteiger partial charge in [0.15, 0.2) is 5.78 Å². The molecule has 6 heteroatoms. The lowest BCUT2D eigenvalue weighted by molar-refractivity contribution is 0.101. The van der Waals surface area contributed by atoms with Crippen molar-refractivity contribution < 1.29 is 9.53 Å². The van der Waals surface area contributed by atoms with Gasteiger partial charge in [0.25, 0.3) is 0 Å². The molecule has 0 bridgehead atoms. The van der Waals surface area contributed by atoms with Crippen molar-refractivity contribution in [2.24, 2.45) is 0 Å². The second-order valence-electron chi connectivity index (χ2n) is 6.50. The van der Waals surface area contributed by atoms with Gasteiger partial charge in [-0.15, -0.1) is 0 Å². The van der Waals surface area contributed by atoms with Crippen LogP contribution in [0.25, 0.3) is 16.8 Å². The van der Waals surface area contributed by atoms with Gasteiger partial charge < -0.3 is 10.1 Å². The predicted molar refractivity (Wildman–Crippen MR) is 109 cm³/mol. The Morgan fingerprint density at radius 3 is 2.43 bits per heavy atom. The van der Waals surface area contributed by atoms with E-state index in [1.54, 1.807) is 18.5 Å². The third kappa shape index (κ3) is 3.20. The molecule has 28 heavy (non-hydrogen) atoms. The van der Waals surface area contributed by atoms with Crippen molar-refractivity contribution in [3.05, 3.63) is 71.9 Å². The molecule has 6 nitrogen and oxygen atoms in total. The summed E-state index contributed by atoms with van der Waals surface area (Å²) >= 11 is 0. The number of Topliss-reactive ketones (excluding diaryl/α,β-unsaturated/α-hetero) is 1. The number of fused-ring (bicyclic) bond motifs is 1. The van der Waals surface area contributed by atoms with E-state index in [9.17, 15) is 4.79 Å². The van der Waals surface area contributed by atoms with E-state index in [4.69, 9.17) is 9.72 Å². The number of hydrogen-bond acceptors (Lipinski definition) is 5. The van der Waals surface area contributed by atoms with Crippen LogP contribution in [0.2, 0.25) is 0 Å². The smallest absolute Gasteiger partial charge is 0.229 e. The van der Waals surface area contributed by atoms with E-state index < -0.39 is 0 Å². The fourth-order valence-electron chi connectivity index (χ4n) is 3.24. The lowest BCUT2D eigenvalue weighted by Crippen LogP contribution is -2.04. The molecule has 0 aliphatic rings. The minimum Gasteiger partial charge on any atom is -0.497 e. The van der Waals surface area contributed by atoms with E-state index in [-0.39, 0.29) is 5.78 Å². The summed E-state index contributed by atoms with van der Waals surface area (Å²) in [6.45, 7) is 3.40. The summed E-state index contributed by atoms with van der Waals surface area (Å²) in [7, 11) is 1.63. The number of rotatable bonds is 5. The zero-order valence-corrected chi connectivity index (χ0v) is 15.9. The zero-order valence-electron chi connectivity index (χ0n) is 15.9. The third-order valence-corrected chi connectivity index (χ3v) is 4.56. The summed E-state index contributed by atoms with van der Waals surface area (Å²) in [5.74, 6) is 1.29. The lowest BCUT2D eigenvalue weighted by Gasteiger charge is -2.11. The standard InChI is InChI=1S/C22H20N4O2/c1-14-21(15(2)27)20-13-19(16-7-5-4-6-8-16)24-22(26(20)25-14)23-17-9-11-18(28-3)12-10-17/h4-13H,1-3H3,(H,23,24). The molecule has 2 aromatic carbocycles. The van der Waals surface area contributed by atoms with Crippen LogP contribution in [0.15, 0.2) is 60.7 Å². The molecular formula is C22H20N4O2. The first-order valence-corrected chi connectivity index (χ1v) is 8.94. The Morgan fingerprint density at radius 2 is 1.79 bits per heavy atom. The van der Waals surface area contributed by atoms with Gasteiger partial charge in [-0.1, -0.05) is 30.3 Å². The molecule has 4 rings (SSSR count). The second-order valence-corrected chi connectivity index (χ2v) is 6.50. The first-order valence-electron chi connectivity index (χ1n) is 8.94. The molecule has 0 spiro atoms. The van der Waals surface area contributed by atoms with Crippen LogP contribution in [0.5, 0.6) is 5.75 Å². The lowest BCUT2D eigenvalue weighted by atomic mass is 10.1. The highest BCUT2D eigenvalue weighted by atomic mass is 16.5. The molecule has 0 unspecified atom stereocenters. The maximum Gasteiger partial charge on any atom is 0.229 e. The Labute approximate surface area is 162 Å². The molecule has 4 aromatic rings. The Morgan fingerprint density at radius 1 is 1.07 bits per heavy atom. The highest BCUT2D eigenvalue weighted by Gasteiger charge is 2.18. The van der Waals surface area contributed by atoms with Gasteiger partial charge in [0, 0.05) is 11.3 Å². The minimum atomic E-state index is -0.0203. The van der Waals surface area contributed by atoms with E-state index in [1.807, 2.05) is 67.6 Å². The van der Waals surface area contributed by atoms with Gasteiger partial charge in [0.2, 0.25) is 5.95 Å². The molecule has 0 radical (unpaired) electrons. The number of aromatic nitrogens is 3. The summed E-state index contributed by atoms with van der Waals surface area (Å²) in [6.07, 6.45) is 0. The average Bonchev–Trinajstić information content (AvgIpc) is 3.05. The van der Waals surface area contributed by atoms with Crippen LogP contribution in [0.1, 0.15) is 23.0 Å². The van der Waals surface area contributed by atoms with Crippen LogP contribution in [0.3, 0.4) is 0 Å². The molecule has 0 aliphatic carbocycles. The fourth-order valence-corrected chi connectivity index (χ4v) is 3.24. The number of nitrogens with zero attached hydrogens (tertiary/aromatic N) is 3. The Balaban J connectivity index is 1.90. The number of nitrogens with one attached hydrogen (secondary N) is 1. The molecule has 2 aromatic heterocycles. The van der Waals surface area contributed by atoms with Crippen molar-refractivity contribution in [2.75, 3.05) is 12.4 Å². The van der Waals surface area contributed by atoms with Crippen LogP contribution in [-0.4, -0.2) is 27.5 Å². The van der Waals surface area contributed by atoms with Gasteiger partial charge in [-0.3, -0.25) is 4.79 Å². The number of carbonyl (C=O) groups is 1. The summed E-state index contributed by atoms with van der Waals surface area (Å²) in [6, 6.07) is 19.3. The molecule has 0 atom stereocenters. The number of methoxy groups -OCH3 is 1.